The molecule has 1 heterocycles. The summed E-state index contributed by atoms with van der Waals surface area (Å²) in [7, 11) is 0. The minimum atomic E-state index is -0.400. The maximum Gasteiger partial charge on any atom is 0.292 e. The predicted octanol–water partition coefficient (Wildman–Crippen LogP) is 1.10. The Labute approximate surface area is 128 Å². The molecule has 2 N–H and O–H groups in total. The fourth-order valence-corrected chi connectivity index (χ4v) is 1.73. The highest BCUT2D eigenvalue weighted by molar-refractivity contribution is 6.33. The molecule has 1 aromatic rings. The minimum Gasteiger partial charge on any atom is -0.379 e. The van der Waals surface area contributed by atoms with Gasteiger partial charge in [-0.15, -0.1) is 6.42 Å². The third kappa shape index (κ3) is 5.48. The predicted molar refractivity (Wildman–Crippen MR) is 83.3 cm³/mol. The number of amides is 1. The molecule has 1 rings (SSSR count). The second kappa shape index (κ2) is 8.32. The molecule has 0 spiro atoms. The van der Waals surface area contributed by atoms with E-state index in [-0.39, 0.29) is 29.6 Å². The topological polar surface area (TPSA) is 76.0 Å². The van der Waals surface area contributed by atoms with Crippen molar-refractivity contribution < 1.29 is 4.79 Å². The normalized spacial score (nSPS) is 10.2. The van der Waals surface area contributed by atoms with E-state index in [1.807, 2.05) is 13.8 Å². The van der Waals surface area contributed by atoms with E-state index in [0.717, 1.165) is 4.68 Å². The Bertz CT molecular complexity index is 590. The van der Waals surface area contributed by atoms with Gasteiger partial charge in [0.25, 0.3) is 5.56 Å². The van der Waals surface area contributed by atoms with Crippen LogP contribution in [-0.2, 0) is 11.3 Å². The molecule has 21 heavy (non-hydrogen) atoms. The molecule has 0 aromatic carbocycles. The lowest BCUT2D eigenvalue weighted by Crippen LogP contribution is -2.30. The molecule has 1 amide bonds. The maximum atomic E-state index is 12.0. The van der Waals surface area contributed by atoms with Gasteiger partial charge < -0.3 is 10.6 Å². The van der Waals surface area contributed by atoms with Crippen molar-refractivity contribution in [2.45, 2.75) is 26.8 Å². The summed E-state index contributed by atoms with van der Waals surface area (Å²) in [5.74, 6) is 2.66. The summed E-state index contributed by atoms with van der Waals surface area (Å²) in [5, 5.41) is 9.69. The van der Waals surface area contributed by atoms with Crippen molar-refractivity contribution in [3.63, 3.8) is 0 Å². The molecule has 114 valence electrons. The summed E-state index contributed by atoms with van der Waals surface area (Å²) in [6.07, 6.45) is 6.76. The summed E-state index contributed by atoms with van der Waals surface area (Å²) in [4.78, 5) is 23.6. The lowest BCUT2D eigenvalue weighted by atomic mass is 10.2. The van der Waals surface area contributed by atoms with Crippen LogP contribution in [0.15, 0.2) is 11.0 Å². The molecule has 0 saturated heterocycles. The molecule has 1 aromatic heterocycles. The fourth-order valence-electron chi connectivity index (χ4n) is 1.54. The van der Waals surface area contributed by atoms with Crippen molar-refractivity contribution in [2.24, 2.45) is 5.92 Å². The first-order valence-electron chi connectivity index (χ1n) is 6.65. The molecule has 0 bridgehead atoms. The molecular weight excluding hydrogens is 292 g/mol. The van der Waals surface area contributed by atoms with Crippen LogP contribution in [0.3, 0.4) is 0 Å². The molecule has 0 radical (unpaired) electrons. The molecule has 0 aliphatic heterocycles. The fraction of sp³-hybridized carbons (Fsp3) is 0.500. The first-order chi connectivity index (χ1) is 9.95. The number of halogens is 1. The van der Waals surface area contributed by atoms with E-state index < -0.39 is 5.56 Å². The first kappa shape index (κ1) is 17.1. The van der Waals surface area contributed by atoms with Crippen LogP contribution in [0.4, 0.5) is 5.69 Å². The van der Waals surface area contributed by atoms with E-state index in [1.165, 1.54) is 6.20 Å². The molecular formula is C14H19ClN4O2. The van der Waals surface area contributed by atoms with Gasteiger partial charge >= 0.3 is 0 Å². The van der Waals surface area contributed by atoms with Gasteiger partial charge in [-0.2, -0.15) is 5.10 Å². The number of nitrogens with one attached hydrogen (secondary N) is 2. The van der Waals surface area contributed by atoms with Gasteiger partial charge in [-0.1, -0.05) is 31.4 Å². The van der Waals surface area contributed by atoms with Gasteiger partial charge in [0.15, 0.2) is 0 Å². The first-order valence-corrected chi connectivity index (χ1v) is 7.03. The van der Waals surface area contributed by atoms with Crippen LogP contribution in [0, 0.1) is 18.3 Å². The number of aromatic nitrogens is 2. The van der Waals surface area contributed by atoms with Crippen molar-refractivity contribution in [3.8, 4) is 12.3 Å². The summed E-state index contributed by atoms with van der Waals surface area (Å²) < 4.78 is 1.13. The second-order valence-electron chi connectivity index (χ2n) is 4.91. The number of terminal acetylenes is 1. The second-order valence-corrected chi connectivity index (χ2v) is 5.32. The molecule has 7 heteroatoms. The van der Waals surface area contributed by atoms with Gasteiger partial charge in [0.05, 0.1) is 11.2 Å². The largest absolute Gasteiger partial charge is 0.379 e. The highest BCUT2D eigenvalue weighted by Gasteiger charge is 2.10. The standard InChI is InChI=1S/C14H19ClN4O2/c1-4-7-19-14(21)13(11(15)9-18-19)16-6-5-12(20)17-8-10(2)3/h1,9-10,16H,5-8H2,2-3H3,(H,17,20). The summed E-state index contributed by atoms with van der Waals surface area (Å²) in [6.45, 7) is 5.04. The van der Waals surface area contributed by atoms with Crippen molar-refractivity contribution in [1.29, 1.82) is 0 Å². The van der Waals surface area contributed by atoms with Crippen LogP contribution in [0.25, 0.3) is 0 Å². The van der Waals surface area contributed by atoms with E-state index in [0.29, 0.717) is 19.0 Å². The number of rotatable bonds is 7. The van der Waals surface area contributed by atoms with Gasteiger partial charge in [-0.05, 0) is 5.92 Å². The minimum absolute atomic E-state index is 0.0690. The average Bonchev–Trinajstić information content (AvgIpc) is 2.43. The molecule has 0 aliphatic rings. The summed E-state index contributed by atoms with van der Waals surface area (Å²) in [5.41, 5.74) is -0.193. The van der Waals surface area contributed by atoms with Gasteiger partial charge in [-0.3, -0.25) is 9.59 Å². The molecule has 0 aliphatic carbocycles. The summed E-state index contributed by atoms with van der Waals surface area (Å²) >= 11 is 5.93. The van der Waals surface area contributed by atoms with E-state index in [2.05, 4.69) is 21.7 Å². The molecule has 0 saturated carbocycles. The van der Waals surface area contributed by atoms with Gasteiger partial charge in [0.2, 0.25) is 5.91 Å². The quantitative estimate of drug-likeness (QED) is 0.740. The van der Waals surface area contributed by atoms with Crippen molar-refractivity contribution >= 4 is 23.2 Å². The lowest BCUT2D eigenvalue weighted by molar-refractivity contribution is -0.120. The maximum absolute atomic E-state index is 12.0. The Kier molecular flexibility index (Phi) is 6.76. The Hall–Kier alpha value is -2.00. The monoisotopic (exact) mass is 310 g/mol. The molecule has 6 nitrogen and oxygen atoms in total. The smallest absolute Gasteiger partial charge is 0.292 e. The van der Waals surface area contributed by atoms with Crippen molar-refractivity contribution in [2.75, 3.05) is 18.4 Å². The highest BCUT2D eigenvalue weighted by Crippen LogP contribution is 2.14. The van der Waals surface area contributed by atoms with Crippen LogP contribution in [0.5, 0.6) is 0 Å². The van der Waals surface area contributed by atoms with E-state index in [9.17, 15) is 9.59 Å². The highest BCUT2D eigenvalue weighted by atomic mass is 35.5. The SMILES string of the molecule is C#CCn1ncc(Cl)c(NCCC(=O)NCC(C)C)c1=O. The number of nitrogens with zero attached hydrogens (tertiary/aromatic N) is 2. The van der Waals surface area contributed by atoms with Gasteiger partial charge in [0.1, 0.15) is 12.2 Å². The Morgan fingerprint density at radius 1 is 1.57 bits per heavy atom. The van der Waals surface area contributed by atoms with Crippen LogP contribution in [0.2, 0.25) is 5.02 Å². The molecule has 0 atom stereocenters. The third-order valence-electron chi connectivity index (χ3n) is 2.60. The van der Waals surface area contributed by atoms with Gasteiger partial charge in [-0.25, -0.2) is 4.68 Å². The number of carbonyl (C=O) groups excluding carboxylic acids is 1. The van der Waals surface area contributed by atoms with E-state index in [1.54, 1.807) is 0 Å². The van der Waals surface area contributed by atoms with Crippen molar-refractivity contribution in [1.82, 2.24) is 15.1 Å². The zero-order chi connectivity index (χ0) is 15.8. The Morgan fingerprint density at radius 2 is 2.29 bits per heavy atom. The lowest BCUT2D eigenvalue weighted by Gasteiger charge is -2.10. The van der Waals surface area contributed by atoms with Crippen LogP contribution in [-0.4, -0.2) is 28.8 Å². The molecule has 0 fully saturated rings. The zero-order valence-electron chi connectivity index (χ0n) is 12.1. The van der Waals surface area contributed by atoms with Crippen LogP contribution < -0.4 is 16.2 Å². The Balaban J connectivity index is 2.60. The van der Waals surface area contributed by atoms with E-state index in [4.69, 9.17) is 18.0 Å². The van der Waals surface area contributed by atoms with Gasteiger partial charge in [0, 0.05) is 19.5 Å². The van der Waals surface area contributed by atoms with E-state index >= 15 is 0 Å². The zero-order valence-corrected chi connectivity index (χ0v) is 12.9. The number of hydrogen-bond acceptors (Lipinski definition) is 4. The number of anilines is 1. The number of hydrogen-bond donors (Lipinski definition) is 2. The third-order valence-corrected chi connectivity index (χ3v) is 2.89. The van der Waals surface area contributed by atoms with Crippen molar-refractivity contribution in [3.05, 3.63) is 21.6 Å². The van der Waals surface area contributed by atoms with Crippen LogP contribution in [0.1, 0.15) is 20.3 Å². The molecule has 0 unspecified atom stereocenters. The summed E-state index contributed by atoms with van der Waals surface area (Å²) in [6, 6.07) is 0. The number of carbonyl (C=O) groups is 1. The van der Waals surface area contributed by atoms with Crippen LogP contribution >= 0.6 is 11.6 Å². The average molecular weight is 311 g/mol. The Morgan fingerprint density at radius 3 is 2.90 bits per heavy atom.